The second-order valence-corrected chi connectivity index (χ2v) is 5.91. The molecule has 2 aromatic rings. The largest absolute Gasteiger partial charge is 0.382 e. The molecule has 0 radical (unpaired) electrons. The molecular weight excluding hydrogens is 270 g/mol. The number of benzene rings is 1. The maximum atomic E-state index is 6.23. The van der Waals surface area contributed by atoms with Crippen molar-refractivity contribution in [3.8, 4) is 0 Å². The van der Waals surface area contributed by atoms with E-state index < -0.39 is 0 Å². The van der Waals surface area contributed by atoms with Crippen LogP contribution in [0.15, 0.2) is 30.5 Å². The summed E-state index contributed by atoms with van der Waals surface area (Å²) >= 11 is 6.23. The molecule has 2 heterocycles. The van der Waals surface area contributed by atoms with Crippen molar-refractivity contribution in [3.05, 3.63) is 35.5 Å². The molecule has 1 unspecified atom stereocenters. The first-order valence-electron chi connectivity index (χ1n) is 7.23. The molecule has 0 saturated carbocycles. The molecule has 1 atom stereocenters. The van der Waals surface area contributed by atoms with E-state index in [1.807, 2.05) is 30.5 Å². The molecule has 3 nitrogen and oxygen atoms in total. The van der Waals surface area contributed by atoms with Gasteiger partial charge in [-0.2, -0.15) is 0 Å². The number of nitrogens with one attached hydrogen (secondary N) is 1. The summed E-state index contributed by atoms with van der Waals surface area (Å²) in [5.74, 6) is 0. The molecule has 3 rings (SSSR count). The molecule has 0 aliphatic carbocycles. The Morgan fingerprint density at radius 3 is 3.10 bits per heavy atom. The Morgan fingerprint density at radius 1 is 1.35 bits per heavy atom. The van der Waals surface area contributed by atoms with Crippen LogP contribution in [0.25, 0.3) is 10.9 Å². The predicted octanol–water partition coefficient (Wildman–Crippen LogP) is 3.78. The summed E-state index contributed by atoms with van der Waals surface area (Å²) in [4.78, 5) is 6.91. The van der Waals surface area contributed by atoms with Gasteiger partial charge < -0.3 is 10.2 Å². The van der Waals surface area contributed by atoms with Crippen LogP contribution in [-0.2, 0) is 0 Å². The van der Waals surface area contributed by atoms with Gasteiger partial charge in [-0.05, 0) is 50.7 Å². The zero-order valence-electron chi connectivity index (χ0n) is 11.8. The smallest absolute Gasteiger partial charge is 0.0948 e. The van der Waals surface area contributed by atoms with Crippen molar-refractivity contribution in [1.29, 1.82) is 0 Å². The van der Waals surface area contributed by atoms with Gasteiger partial charge in [0.1, 0.15) is 0 Å². The maximum Gasteiger partial charge on any atom is 0.0948 e. The summed E-state index contributed by atoms with van der Waals surface area (Å²) < 4.78 is 0. The number of pyridine rings is 1. The molecule has 0 spiro atoms. The van der Waals surface area contributed by atoms with E-state index >= 15 is 0 Å². The molecule has 1 aromatic heterocycles. The number of nitrogens with zero attached hydrogens (tertiary/aromatic N) is 2. The lowest BCUT2D eigenvalue weighted by atomic mass is 10.0. The number of anilines is 1. The van der Waals surface area contributed by atoms with Gasteiger partial charge in [0.05, 0.1) is 16.2 Å². The Balaban J connectivity index is 1.79. The van der Waals surface area contributed by atoms with Crippen molar-refractivity contribution in [1.82, 2.24) is 9.88 Å². The number of piperidine rings is 1. The van der Waals surface area contributed by atoms with Gasteiger partial charge in [-0.1, -0.05) is 18.0 Å². The van der Waals surface area contributed by atoms with Gasteiger partial charge >= 0.3 is 0 Å². The van der Waals surface area contributed by atoms with E-state index in [2.05, 4.69) is 22.2 Å². The lowest BCUT2D eigenvalue weighted by Gasteiger charge is -2.32. The third-order valence-electron chi connectivity index (χ3n) is 4.17. The molecule has 4 heteroatoms. The Hall–Kier alpha value is -1.32. The first-order valence-corrected chi connectivity index (χ1v) is 7.61. The molecule has 1 aromatic carbocycles. The quantitative estimate of drug-likeness (QED) is 0.932. The van der Waals surface area contributed by atoms with E-state index in [0.717, 1.165) is 28.2 Å². The number of hydrogen-bond acceptors (Lipinski definition) is 3. The lowest BCUT2D eigenvalue weighted by molar-refractivity contribution is 0.195. The van der Waals surface area contributed by atoms with Crippen LogP contribution in [0.1, 0.15) is 19.3 Å². The van der Waals surface area contributed by atoms with Crippen LogP contribution in [-0.4, -0.2) is 36.1 Å². The van der Waals surface area contributed by atoms with Gasteiger partial charge in [0.25, 0.3) is 0 Å². The van der Waals surface area contributed by atoms with E-state index in [0.29, 0.717) is 6.04 Å². The first-order chi connectivity index (χ1) is 9.75. The SMILES string of the molecule is CN1CCCCC1CNc1ccc(Cl)c2cccnc12. The van der Waals surface area contributed by atoms with Crippen molar-refractivity contribution in [2.24, 2.45) is 0 Å². The number of halogens is 1. The van der Waals surface area contributed by atoms with Gasteiger partial charge in [-0.25, -0.2) is 0 Å². The standard InChI is InChI=1S/C16H20ClN3/c1-20-10-3-2-5-12(20)11-19-15-8-7-14(17)13-6-4-9-18-16(13)15/h4,6-9,12,19H,2-3,5,10-11H2,1H3. The lowest BCUT2D eigenvalue weighted by Crippen LogP contribution is -2.40. The molecule has 0 bridgehead atoms. The second kappa shape index (κ2) is 5.98. The van der Waals surface area contributed by atoms with Crippen molar-refractivity contribution >= 4 is 28.2 Å². The van der Waals surface area contributed by atoms with Crippen LogP contribution in [0.3, 0.4) is 0 Å². The minimum atomic E-state index is 0.609. The minimum absolute atomic E-state index is 0.609. The molecule has 1 saturated heterocycles. The summed E-state index contributed by atoms with van der Waals surface area (Å²) in [5.41, 5.74) is 2.03. The summed E-state index contributed by atoms with van der Waals surface area (Å²) in [6, 6.07) is 8.52. The van der Waals surface area contributed by atoms with E-state index in [-0.39, 0.29) is 0 Å². The molecule has 1 N–H and O–H groups in total. The third-order valence-corrected chi connectivity index (χ3v) is 4.50. The van der Waals surface area contributed by atoms with Crippen LogP contribution in [0.2, 0.25) is 5.02 Å². The molecule has 1 fully saturated rings. The average molecular weight is 290 g/mol. The fraction of sp³-hybridized carbons (Fsp3) is 0.438. The molecular formula is C16H20ClN3. The van der Waals surface area contributed by atoms with Crippen LogP contribution >= 0.6 is 11.6 Å². The Labute approximate surface area is 124 Å². The number of hydrogen-bond donors (Lipinski definition) is 1. The highest BCUT2D eigenvalue weighted by Gasteiger charge is 2.18. The summed E-state index contributed by atoms with van der Waals surface area (Å²) in [6.45, 7) is 2.16. The van der Waals surface area contributed by atoms with Gasteiger partial charge in [-0.15, -0.1) is 0 Å². The highest BCUT2D eigenvalue weighted by molar-refractivity contribution is 6.35. The maximum absolute atomic E-state index is 6.23. The number of fused-ring (bicyclic) bond motifs is 1. The number of aromatic nitrogens is 1. The van der Waals surface area contributed by atoms with Crippen molar-refractivity contribution in [2.75, 3.05) is 25.5 Å². The van der Waals surface area contributed by atoms with Crippen LogP contribution in [0.4, 0.5) is 5.69 Å². The van der Waals surface area contributed by atoms with Gasteiger partial charge in [0.2, 0.25) is 0 Å². The fourth-order valence-corrected chi connectivity index (χ4v) is 3.13. The molecule has 20 heavy (non-hydrogen) atoms. The Bertz CT molecular complexity index is 599. The zero-order chi connectivity index (χ0) is 13.9. The molecule has 0 amide bonds. The monoisotopic (exact) mass is 289 g/mol. The first kappa shape index (κ1) is 13.7. The number of likely N-dealkylation sites (N-methyl/N-ethyl adjacent to an activating group) is 1. The van der Waals surface area contributed by atoms with E-state index in [4.69, 9.17) is 11.6 Å². The van der Waals surface area contributed by atoms with Crippen LogP contribution < -0.4 is 5.32 Å². The number of likely N-dealkylation sites (tertiary alicyclic amines) is 1. The fourth-order valence-electron chi connectivity index (χ4n) is 2.91. The van der Waals surface area contributed by atoms with Crippen molar-refractivity contribution in [2.45, 2.75) is 25.3 Å². The van der Waals surface area contributed by atoms with Crippen LogP contribution in [0.5, 0.6) is 0 Å². The van der Waals surface area contributed by atoms with Crippen LogP contribution in [0, 0.1) is 0 Å². The molecule has 1 aliphatic rings. The van der Waals surface area contributed by atoms with E-state index in [1.54, 1.807) is 0 Å². The normalized spacial score (nSPS) is 20.2. The van der Waals surface area contributed by atoms with Gasteiger partial charge in [0.15, 0.2) is 0 Å². The third kappa shape index (κ3) is 2.74. The Morgan fingerprint density at radius 2 is 2.25 bits per heavy atom. The predicted molar refractivity (Wildman–Crippen MR) is 85.5 cm³/mol. The van der Waals surface area contributed by atoms with Gasteiger partial charge in [-0.3, -0.25) is 4.98 Å². The van der Waals surface area contributed by atoms with Gasteiger partial charge in [0, 0.05) is 24.2 Å². The number of rotatable bonds is 3. The minimum Gasteiger partial charge on any atom is -0.382 e. The second-order valence-electron chi connectivity index (χ2n) is 5.51. The molecule has 106 valence electrons. The summed E-state index contributed by atoms with van der Waals surface area (Å²) in [7, 11) is 2.21. The summed E-state index contributed by atoms with van der Waals surface area (Å²) in [6.07, 6.45) is 5.73. The zero-order valence-corrected chi connectivity index (χ0v) is 12.5. The topological polar surface area (TPSA) is 28.2 Å². The van der Waals surface area contributed by atoms with Crippen molar-refractivity contribution in [3.63, 3.8) is 0 Å². The van der Waals surface area contributed by atoms with E-state index in [9.17, 15) is 0 Å². The highest BCUT2D eigenvalue weighted by Crippen LogP contribution is 2.28. The van der Waals surface area contributed by atoms with Crippen molar-refractivity contribution < 1.29 is 0 Å². The summed E-state index contributed by atoms with van der Waals surface area (Å²) in [5, 5.41) is 5.32. The molecule has 1 aliphatic heterocycles. The average Bonchev–Trinajstić information content (AvgIpc) is 2.48. The Kier molecular flexibility index (Phi) is 4.08. The van der Waals surface area contributed by atoms with E-state index in [1.165, 1.54) is 25.8 Å². The highest BCUT2D eigenvalue weighted by atomic mass is 35.5.